The van der Waals surface area contributed by atoms with Crippen molar-refractivity contribution in [1.29, 1.82) is 0 Å². The molecule has 1 heterocycles. The molecule has 1 aromatic carbocycles. The summed E-state index contributed by atoms with van der Waals surface area (Å²) >= 11 is 0. The molecule has 1 saturated heterocycles. The Hall–Kier alpha value is -0.900. The highest BCUT2D eigenvalue weighted by molar-refractivity contribution is 5.32. The third-order valence-corrected chi connectivity index (χ3v) is 4.71. The monoisotopic (exact) mass is 260 g/mol. The third kappa shape index (κ3) is 2.55. The molecule has 1 saturated carbocycles. The molecule has 3 nitrogen and oxygen atoms in total. The highest BCUT2D eigenvalue weighted by atomic mass is 16.5. The quantitative estimate of drug-likeness (QED) is 0.899. The van der Waals surface area contributed by atoms with Crippen LogP contribution >= 0.6 is 0 Å². The SMILES string of the molecule is COC1(c2ccc(C(C)N3CCNCC3)cc2)CC1. The van der Waals surface area contributed by atoms with Crippen LogP contribution in [0.2, 0.25) is 0 Å². The van der Waals surface area contributed by atoms with Crippen molar-refractivity contribution in [2.75, 3.05) is 33.3 Å². The Balaban J connectivity index is 1.71. The highest BCUT2D eigenvalue weighted by Gasteiger charge is 2.44. The molecule has 1 N–H and O–H groups in total. The van der Waals surface area contributed by atoms with Gasteiger partial charge in [-0.25, -0.2) is 0 Å². The van der Waals surface area contributed by atoms with Crippen LogP contribution in [0.5, 0.6) is 0 Å². The van der Waals surface area contributed by atoms with Crippen molar-refractivity contribution >= 4 is 0 Å². The zero-order chi connectivity index (χ0) is 13.3. The first kappa shape index (κ1) is 13.1. The van der Waals surface area contributed by atoms with Gasteiger partial charge in [0.1, 0.15) is 0 Å². The van der Waals surface area contributed by atoms with Gasteiger partial charge >= 0.3 is 0 Å². The zero-order valence-electron chi connectivity index (χ0n) is 12.0. The van der Waals surface area contributed by atoms with E-state index in [1.54, 1.807) is 0 Å². The second-order valence-electron chi connectivity index (χ2n) is 5.78. The van der Waals surface area contributed by atoms with Crippen LogP contribution in [0.1, 0.15) is 36.9 Å². The van der Waals surface area contributed by atoms with Gasteiger partial charge in [-0.05, 0) is 30.9 Å². The van der Waals surface area contributed by atoms with E-state index in [0.29, 0.717) is 6.04 Å². The van der Waals surface area contributed by atoms with Crippen LogP contribution < -0.4 is 5.32 Å². The smallest absolute Gasteiger partial charge is 0.0929 e. The van der Waals surface area contributed by atoms with E-state index in [1.165, 1.54) is 11.1 Å². The van der Waals surface area contributed by atoms with Crippen molar-refractivity contribution < 1.29 is 4.74 Å². The van der Waals surface area contributed by atoms with E-state index in [4.69, 9.17) is 4.74 Å². The number of piperazine rings is 1. The molecule has 3 heteroatoms. The summed E-state index contributed by atoms with van der Waals surface area (Å²) in [6.45, 7) is 6.81. The van der Waals surface area contributed by atoms with Crippen LogP contribution in [-0.4, -0.2) is 38.2 Å². The van der Waals surface area contributed by atoms with Gasteiger partial charge in [-0.2, -0.15) is 0 Å². The van der Waals surface area contributed by atoms with Gasteiger partial charge in [0, 0.05) is 39.3 Å². The van der Waals surface area contributed by atoms with Crippen molar-refractivity contribution in [3.63, 3.8) is 0 Å². The van der Waals surface area contributed by atoms with E-state index in [1.807, 2.05) is 7.11 Å². The molecule has 19 heavy (non-hydrogen) atoms. The highest BCUT2D eigenvalue weighted by Crippen LogP contribution is 2.48. The molecule has 3 rings (SSSR count). The first-order valence-electron chi connectivity index (χ1n) is 7.35. The van der Waals surface area contributed by atoms with Crippen LogP contribution in [0.15, 0.2) is 24.3 Å². The number of nitrogens with one attached hydrogen (secondary N) is 1. The van der Waals surface area contributed by atoms with Gasteiger partial charge in [-0.1, -0.05) is 24.3 Å². The molecule has 1 unspecified atom stereocenters. The Bertz CT molecular complexity index is 419. The summed E-state index contributed by atoms with van der Waals surface area (Å²) in [5.41, 5.74) is 2.79. The molecule has 0 radical (unpaired) electrons. The fraction of sp³-hybridized carbons (Fsp3) is 0.625. The Kier molecular flexibility index (Phi) is 3.61. The maximum Gasteiger partial charge on any atom is 0.0929 e. The minimum Gasteiger partial charge on any atom is -0.374 e. The molecule has 104 valence electrons. The minimum atomic E-state index is 0.0385. The topological polar surface area (TPSA) is 24.5 Å². The lowest BCUT2D eigenvalue weighted by atomic mass is 10.0. The van der Waals surface area contributed by atoms with Gasteiger partial charge in [0.15, 0.2) is 0 Å². The number of hydrogen-bond donors (Lipinski definition) is 1. The van der Waals surface area contributed by atoms with Crippen molar-refractivity contribution in [1.82, 2.24) is 10.2 Å². The summed E-state index contributed by atoms with van der Waals surface area (Å²) in [6, 6.07) is 9.57. The van der Waals surface area contributed by atoms with E-state index < -0.39 is 0 Å². The van der Waals surface area contributed by atoms with Crippen molar-refractivity contribution in [2.45, 2.75) is 31.4 Å². The van der Waals surface area contributed by atoms with Crippen LogP contribution in [-0.2, 0) is 10.3 Å². The predicted octanol–water partition coefficient (Wildman–Crippen LogP) is 2.29. The van der Waals surface area contributed by atoms with E-state index in [0.717, 1.165) is 39.0 Å². The molecular weight excluding hydrogens is 236 g/mol. The van der Waals surface area contributed by atoms with Crippen LogP contribution in [0, 0.1) is 0 Å². The van der Waals surface area contributed by atoms with E-state index in [9.17, 15) is 0 Å². The summed E-state index contributed by atoms with van der Waals surface area (Å²) in [5, 5.41) is 3.41. The largest absolute Gasteiger partial charge is 0.374 e. The van der Waals surface area contributed by atoms with Gasteiger partial charge in [0.25, 0.3) is 0 Å². The molecule has 2 fully saturated rings. The molecule has 2 aliphatic rings. The molecule has 0 bridgehead atoms. The van der Waals surface area contributed by atoms with E-state index in [-0.39, 0.29) is 5.60 Å². The second-order valence-corrected chi connectivity index (χ2v) is 5.78. The molecular formula is C16H24N2O. The van der Waals surface area contributed by atoms with Gasteiger partial charge in [0.2, 0.25) is 0 Å². The fourth-order valence-electron chi connectivity index (χ4n) is 3.07. The molecule has 1 aliphatic heterocycles. The first-order valence-corrected chi connectivity index (χ1v) is 7.35. The summed E-state index contributed by atoms with van der Waals surface area (Å²) in [7, 11) is 1.82. The normalized spacial score (nSPS) is 24.1. The average molecular weight is 260 g/mol. The number of benzene rings is 1. The first-order chi connectivity index (χ1) is 9.25. The predicted molar refractivity (Wildman–Crippen MR) is 77.2 cm³/mol. The number of methoxy groups -OCH3 is 1. The van der Waals surface area contributed by atoms with E-state index in [2.05, 4.69) is 41.4 Å². The second kappa shape index (κ2) is 5.23. The van der Waals surface area contributed by atoms with Crippen LogP contribution in [0.25, 0.3) is 0 Å². The van der Waals surface area contributed by atoms with Crippen molar-refractivity contribution in [3.8, 4) is 0 Å². The Morgan fingerprint density at radius 1 is 1.16 bits per heavy atom. The minimum absolute atomic E-state index is 0.0385. The van der Waals surface area contributed by atoms with Gasteiger partial charge in [-0.15, -0.1) is 0 Å². The molecule has 0 amide bonds. The lowest BCUT2D eigenvalue weighted by Crippen LogP contribution is -2.44. The molecule has 1 aromatic rings. The molecule has 0 spiro atoms. The Morgan fingerprint density at radius 3 is 2.32 bits per heavy atom. The maximum absolute atomic E-state index is 5.63. The molecule has 0 aromatic heterocycles. The lowest BCUT2D eigenvalue weighted by Gasteiger charge is -2.33. The van der Waals surface area contributed by atoms with Gasteiger partial charge in [-0.3, -0.25) is 4.90 Å². The number of nitrogens with zero attached hydrogens (tertiary/aromatic N) is 1. The summed E-state index contributed by atoms with van der Waals surface area (Å²) in [6.07, 6.45) is 2.33. The maximum atomic E-state index is 5.63. The van der Waals surface area contributed by atoms with E-state index >= 15 is 0 Å². The van der Waals surface area contributed by atoms with Crippen LogP contribution in [0.3, 0.4) is 0 Å². The van der Waals surface area contributed by atoms with Crippen LogP contribution in [0.4, 0.5) is 0 Å². The van der Waals surface area contributed by atoms with Crippen molar-refractivity contribution in [3.05, 3.63) is 35.4 Å². The third-order valence-electron chi connectivity index (χ3n) is 4.71. The summed E-state index contributed by atoms with van der Waals surface area (Å²) in [4.78, 5) is 2.55. The zero-order valence-corrected chi connectivity index (χ0v) is 12.0. The Morgan fingerprint density at radius 2 is 1.79 bits per heavy atom. The number of hydrogen-bond acceptors (Lipinski definition) is 3. The summed E-state index contributed by atoms with van der Waals surface area (Å²) in [5.74, 6) is 0. The van der Waals surface area contributed by atoms with Gasteiger partial charge < -0.3 is 10.1 Å². The van der Waals surface area contributed by atoms with Crippen molar-refractivity contribution in [2.24, 2.45) is 0 Å². The standard InChI is InChI=1S/C16H24N2O/c1-13(18-11-9-17-10-12-18)14-3-5-15(6-4-14)16(19-2)7-8-16/h3-6,13,17H,7-12H2,1-2H3. The van der Waals surface area contributed by atoms with Gasteiger partial charge in [0.05, 0.1) is 5.60 Å². The fourth-order valence-corrected chi connectivity index (χ4v) is 3.07. The molecule has 1 aliphatic carbocycles. The number of rotatable bonds is 4. The summed E-state index contributed by atoms with van der Waals surface area (Å²) < 4.78 is 5.63. The number of ether oxygens (including phenoxy) is 1. The molecule has 1 atom stereocenters. The lowest BCUT2D eigenvalue weighted by molar-refractivity contribution is 0.0788. The average Bonchev–Trinajstić information content (AvgIpc) is 3.29. The Labute approximate surface area is 115 Å².